The average Bonchev–Trinajstić information content (AvgIpc) is 2.28. The van der Waals surface area contributed by atoms with Crippen LogP contribution in [0.2, 0.25) is 0 Å². The molecular formula is C10H14FNO4S. The van der Waals surface area contributed by atoms with E-state index in [-0.39, 0.29) is 18.1 Å². The summed E-state index contributed by atoms with van der Waals surface area (Å²) < 4.78 is 41.1. The number of benzene rings is 1. The van der Waals surface area contributed by atoms with E-state index >= 15 is 0 Å². The number of rotatable bonds is 6. The highest BCUT2D eigenvalue weighted by molar-refractivity contribution is 7.89. The quantitative estimate of drug-likeness (QED) is 0.614. The summed E-state index contributed by atoms with van der Waals surface area (Å²) in [5.41, 5.74) is 0.439. The van der Waals surface area contributed by atoms with E-state index in [1.807, 2.05) is 4.89 Å². The standard InChI is InChI=1S/C10H14FNO4S/c1-8-3-4-9(11)7-10(8)17(13,14)12-16-6-5-15-2/h3-4,7,12H,5-6H2,1-2H3. The Morgan fingerprint density at radius 1 is 1.35 bits per heavy atom. The van der Waals surface area contributed by atoms with Gasteiger partial charge >= 0.3 is 0 Å². The minimum atomic E-state index is -3.86. The van der Waals surface area contributed by atoms with Crippen molar-refractivity contribution in [3.05, 3.63) is 29.6 Å². The fourth-order valence-electron chi connectivity index (χ4n) is 1.15. The van der Waals surface area contributed by atoms with Crippen molar-refractivity contribution in [3.63, 3.8) is 0 Å². The Morgan fingerprint density at radius 2 is 2.06 bits per heavy atom. The molecule has 0 amide bonds. The maximum atomic E-state index is 13.0. The molecule has 0 aliphatic carbocycles. The number of hydrogen-bond donors (Lipinski definition) is 1. The summed E-state index contributed by atoms with van der Waals surface area (Å²) in [6, 6.07) is 3.52. The third-order valence-electron chi connectivity index (χ3n) is 2.00. The van der Waals surface area contributed by atoms with Crippen LogP contribution < -0.4 is 4.89 Å². The van der Waals surface area contributed by atoms with Crippen LogP contribution in [0.3, 0.4) is 0 Å². The minimum Gasteiger partial charge on any atom is -0.382 e. The van der Waals surface area contributed by atoms with Crippen LogP contribution in [0.1, 0.15) is 5.56 Å². The van der Waals surface area contributed by atoms with Crippen LogP contribution in [-0.4, -0.2) is 28.7 Å². The SMILES string of the molecule is COCCONS(=O)(=O)c1cc(F)ccc1C. The second-order valence-electron chi connectivity index (χ2n) is 3.34. The lowest BCUT2D eigenvalue weighted by Crippen LogP contribution is -2.26. The molecule has 0 atom stereocenters. The highest BCUT2D eigenvalue weighted by atomic mass is 32.2. The molecule has 0 heterocycles. The Balaban J connectivity index is 2.79. The molecule has 0 unspecified atom stereocenters. The summed E-state index contributed by atoms with van der Waals surface area (Å²) >= 11 is 0. The Kier molecular flexibility index (Phi) is 5.01. The molecule has 1 N–H and O–H groups in total. The third-order valence-corrected chi connectivity index (χ3v) is 3.35. The van der Waals surface area contributed by atoms with Gasteiger partial charge in [-0.25, -0.2) is 12.8 Å². The van der Waals surface area contributed by atoms with E-state index in [1.54, 1.807) is 6.92 Å². The van der Waals surface area contributed by atoms with Crippen LogP contribution in [-0.2, 0) is 19.6 Å². The Labute approximate surface area is 99.5 Å². The van der Waals surface area contributed by atoms with Gasteiger partial charge in [0.15, 0.2) is 0 Å². The molecule has 0 bridgehead atoms. The van der Waals surface area contributed by atoms with Crippen molar-refractivity contribution in [1.82, 2.24) is 4.89 Å². The number of halogens is 1. The van der Waals surface area contributed by atoms with Crippen molar-refractivity contribution < 1.29 is 22.4 Å². The third kappa shape index (κ3) is 4.04. The lowest BCUT2D eigenvalue weighted by molar-refractivity contribution is 0.0438. The summed E-state index contributed by atoms with van der Waals surface area (Å²) in [6.45, 7) is 1.90. The minimum absolute atomic E-state index is 0.0735. The van der Waals surface area contributed by atoms with Crippen LogP contribution in [0.5, 0.6) is 0 Å². The molecular weight excluding hydrogens is 249 g/mol. The van der Waals surface area contributed by atoms with Crippen LogP contribution in [0, 0.1) is 12.7 Å². The summed E-state index contributed by atoms with van der Waals surface area (Å²) in [7, 11) is -2.39. The van der Waals surface area contributed by atoms with Crippen LogP contribution in [0.4, 0.5) is 4.39 Å². The number of hydrogen-bond acceptors (Lipinski definition) is 4. The normalized spacial score (nSPS) is 11.7. The first-order valence-electron chi connectivity index (χ1n) is 4.86. The first-order valence-corrected chi connectivity index (χ1v) is 6.34. The smallest absolute Gasteiger partial charge is 0.262 e. The van der Waals surface area contributed by atoms with Gasteiger partial charge in [-0.3, -0.25) is 4.84 Å². The number of sulfonamides is 1. The first-order chi connectivity index (χ1) is 7.97. The highest BCUT2D eigenvalue weighted by Crippen LogP contribution is 2.15. The van der Waals surface area contributed by atoms with Crippen molar-refractivity contribution in [2.24, 2.45) is 0 Å². The van der Waals surface area contributed by atoms with Crippen molar-refractivity contribution in [3.8, 4) is 0 Å². The monoisotopic (exact) mass is 263 g/mol. The van der Waals surface area contributed by atoms with Crippen molar-refractivity contribution >= 4 is 10.0 Å². The van der Waals surface area contributed by atoms with Gasteiger partial charge in [-0.1, -0.05) is 11.0 Å². The molecule has 0 spiro atoms. The van der Waals surface area contributed by atoms with Gasteiger partial charge in [-0.15, -0.1) is 0 Å². The van der Waals surface area contributed by atoms with Crippen molar-refractivity contribution in [2.45, 2.75) is 11.8 Å². The van der Waals surface area contributed by atoms with Gasteiger partial charge in [0.05, 0.1) is 18.1 Å². The first kappa shape index (κ1) is 14.0. The van der Waals surface area contributed by atoms with E-state index < -0.39 is 15.8 Å². The second-order valence-corrected chi connectivity index (χ2v) is 4.95. The van der Waals surface area contributed by atoms with Crippen molar-refractivity contribution in [1.29, 1.82) is 0 Å². The average molecular weight is 263 g/mol. The van der Waals surface area contributed by atoms with E-state index in [2.05, 4.69) is 4.74 Å². The van der Waals surface area contributed by atoms with Gasteiger partial charge < -0.3 is 4.74 Å². The maximum Gasteiger partial charge on any atom is 0.262 e. The van der Waals surface area contributed by atoms with Crippen LogP contribution >= 0.6 is 0 Å². The maximum absolute atomic E-state index is 13.0. The van der Waals surface area contributed by atoms with E-state index in [0.29, 0.717) is 5.56 Å². The van der Waals surface area contributed by atoms with Gasteiger partial charge in [0.1, 0.15) is 5.82 Å². The van der Waals surface area contributed by atoms with Crippen molar-refractivity contribution in [2.75, 3.05) is 20.3 Å². The van der Waals surface area contributed by atoms with E-state index in [4.69, 9.17) is 4.84 Å². The molecule has 17 heavy (non-hydrogen) atoms. The number of ether oxygens (including phenoxy) is 1. The van der Waals surface area contributed by atoms with Crippen LogP contribution in [0.25, 0.3) is 0 Å². The zero-order valence-corrected chi connectivity index (χ0v) is 10.4. The Hall–Kier alpha value is -1.02. The molecule has 0 aliphatic rings. The largest absolute Gasteiger partial charge is 0.382 e. The molecule has 0 fully saturated rings. The summed E-state index contributed by atoms with van der Waals surface area (Å²) in [5, 5.41) is 0. The fourth-order valence-corrected chi connectivity index (χ4v) is 2.24. The molecule has 96 valence electrons. The number of nitrogens with one attached hydrogen (secondary N) is 1. The topological polar surface area (TPSA) is 64.6 Å². The predicted molar refractivity (Wildman–Crippen MR) is 59.3 cm³/mol. The Bertz CT molecular complexity index is 475. The molecule has 7 heteroatoms. The lowest BCUT2D eigenvalue weighted by atomic mass is 10.2. The summed E-state index contributed by atoms with van der Waals surface area (Å²) in [6.07, 6.45) is 0. The van der Waals surface area contributed by atoms with Gasteiger partial charge in [0.2, 0.25) is 0 Å². The molecule has 1 aromatic rings. The van der Waals surface area contributed by atoms with Crippen LogP contribution in [0.15, 0.2) is 23.1 Å². The van der Waals surface area contributed by atoms with Gasteiger partial charge in [0.25, 0.3) is 10.0 Å². The van der Waals surface area contributed by atoms with Gasteiger partial charge in [-0.05, 0) is 24.6 Å². The second kappa shape index (κ2) is 6.06. The van der Waals surface area contributed by atoms with Gasteiger partial charge in [-0.2, -0.15) is 0 Å². The summed E-state index contributed by atoms with van der Waals surface area (Å²) in [4.78, 5) is 6.46. The Morgan fingerprint density at radius 3 is 2.71 bits per heavy atom. The zero-order valence-electron chi connectivity index (χ0n) is 9.57. The molecule has 0 saturated carbocycles. The molecule has 0 saturated heterocycles. The lowest BCUT2D eigenvalue weighted by Gasteiger charge is -2.09. The van der Waals surface area contributed by atoms with E-state index in [0.717, 1.165) is 6.07 Å². The van der Waals surface area contributed by atoms with E-state index in [9.17, 15) is 12.8 Å². The number of methoxy groups -OCH3 is 1. The predicted octanol–water partition coefficient (Wildman–Crippen LogP) is 0.990. The number of aryl methyl sites for hydroxylation is 1. The zero-order chi connectivity index (χ0) is 12.9. The molecule has 0 radical (unpaired) electrons. The van der Waals surface area contributed by atoms with E-state index in [1.165, 1.54) is 19.2 Å². The highest BCUT2D eigenvalue weighted by Gasteiger charge is 2.17. The summed E-state index contributed by atoms with van der Waals surface area (Å²) in [5.74, 6) is -0.618. The molecule has 0 aromatic heterocycles. The van der Waals surface area contributed by atoms with Gasteiger partial charge in [0, 0.05) is 7.11 Å². The fraction of sp³-hybridized carbons (Fsp3) is 0.400. The molecule has 0 aliphatic heterocycles. The molecule has 1 rings (SSSR count). The molecule has 1 aromatic carbocycles. The molecule has 5 nitrogen and oxygen atoms in total.